The topological polar surface area (TPSA) is 118 Å². The Bertz CT molecular complexity index is 706. The summed E-state index contributed by atoms with van der Waals surface area (Å²) in [5, 5.41) is 25.9. The Hall–Kier alpha value is -2.87. The smallest absolute Gasteiger partial charge is 0.319 e. The quantitative estimate of drug-likeness (QED) is 0.578. The summed E-state index contributed by atoms with van der Waals surface area (Å²) in [7, 11) is 0. The molecule has 23 heavy (non-hydrogen) atoms. The fraction of sp³-hybridized carbons (Fsp3) is 0.267. The Morgan fingerprint density at radius 2 is 1.96 bits per heavy atom. The number of carbonyl (C=O) groups excluding carboxylic acids is 1. The van der Waals surface area contributed by atoms with E-state index in [1.807, 2.05) is 0 Å². The van der Waals surface area contributed by atoms with E-state index in [0.29, 0.717) is 17.2 Å². The number of benzene rings is 1. The molecule has 0 radical (unpaired) electrons. The van der Waals surface area contributed by atoms with Gasteiger partial charge in [-0.05, 0) is 38.1 Å². The summed E-state index contributed by atoms with van der Waals surface area (Å²) in [6, 6.07) is 8.25. The Balaban J connectivity index is 1.90. The third-order valence-corrected chi connectivity index (χ3v) is 3.20. The zero-order valence-corrected chi connectivity index (χ0v) is 12.7. The van der Waals surface area contributed by atoms with Crippen LogP contribution in [0.5, 0.6) is 0 Å². The third-order valence-electron chi connectivity index (χ3n) is 3.20. The predicted molar refractivity (Wildman–Crippen MR) is 83.1 cm³/mol. The van der Waals surface area contributed by atoms with Crippen LogP contribution in [0.3, 0.4) is 0 Å². The highest BCUT2D eigenvalue weighted by atomic mass is 16.6. The van der Waals surface area contributed by atoms with Gasteiger partial charge >= 0.3 is 6.03 Å². The molecule has 2 aromatic rings. The van der Waals surface area contributed by atoms with E-state index in [4.69, 9.17) is 4.42 Å². The zero-order valence-electron chi connectivity index (χ0n) is 12.7. The number of non-ortho nitro benzene ring substituents is 1. The molecular weight excluding hydrogens is 302 g/mol. The second kappa shape index (κ2) is 6.49. The number of anilines is 1. The maximum absolute atomic E-state index is 11.8. The number of rotatable bonds is 5. The standard InChI is InChI=1S/C15H17N3O5/c1-10-3-8-13(23-10)15(2,20)9-16-14(19)17-11-4-6-12(7-5-11)18(21)22/h3-8,20H,9H2,1-2H3,(H2,16,17,19). The number of urea groups is 1. The van der Waals surface area contributed by atoms with Crippen LogP contribution < -0.4 is 10.6 Å². The first-order valence-corrected chi connectivity index (χ1v) is 6.86. The highest BCUT2D eigenvalue weighted by Gasteiger charge is 2.27. The van der Waals surface area contributed by atoms with Crippen molar-refractivity contribution in [1.82, 2.24) is 5.32 Å². The first kappa shape index (κ1) is 16.5. The van der Waals surface area contributed by atoms with Crippen LogP contribution >= 0.6 is 0 Å². The van der Waals surface area contributed by atoms with Crippen LogP contribution in [0.4, 0.5) is 16.2 Å². The summed E-state index contributed by atoms with van der Waals surface area (Å²) in [5.74, 6) is 1.02. The Labute approximate surface area is 132 Å². The number of aryl methyl sites for hydroxylation is 1. The summed E-state index contributed by atoms with van der Waals surface area (Å²) in [5.41, 5.74) is -1.00. The van der Waals surface area contributed by atoms with E-state index in [1.54, 1.807) is 19.1 Å². The minimum absolute atomic E-state index is 0.0568. The largest absolute Gasteiger partial charge is 0.463 e. The molecule has 0 bridgehead atoms. The van der Waals surface area contributed by atoms with Gasteiger partial charge < -0.3 is 20.2 Å². The second-order valence-electron chi connectivity index (χ2n) is 5.30. The van der Waals surface area contributed by atoms with Gasteiger partial charge in [0.1, 0.15) is 17.1 Å². The number of carbonyl (C=O) groups is 1. The molecule has 8 heteroatoms. The number of aliphatic hydroxyl groups is 1. The Kier molecular flexibility index (Phi) is 4.65. The van der Waals surface area contributed by atoms with Gasteiger partial charge in [-0.15, -0.1) is 0 Å². The molecule has 0 aliphatic rings. The Morgan fingerprint density at radius 1 is 1.30 bits per heavy atom. The molecule has 1 heterocycles. The number of amides is 2. The lowest BCUT2D eigenvalue weighted by Crippen LogP contribution is -2.40. The molecule has 2 rings (SSSR count). The molecule has 0 aliphatic carbocycles. The molecule has 0 aliphatic heterocycles. The summed E-state index contributed by atoms with van der Waals surface area (Å²) in [6.07, 6.45) is 0. The van der Waals surface area contributed by atoms with Gasteiger partial charge in [-0.1, -0.05) is 0 Å². The molecule has 1 aromatic heterocycles. The van der Waals surface area contributed by atoms with Gasteiger partial charge in [-0.25, -0.2) is 4.79 Å². The minimum atomic E-state index is -1.35. The summed E-state index contributed by atoms with van der Waals surface area (Å²) in [6.45, 7) is 3.23. The first-order valence-electron chi connectivity index (χ1n) is 6.86. The van der Waals surface area contributed by atoms with Gasteiger partial charge in [0.2, 0.25) is 0 Å². The van der Waals surface area contributed by atoms with Gasteiger partial charge in [0.15, 0.2) is 0 Å². The SMILES string of the molecule is Cc1ccc(C(C)(O)CNC(=O)Nc2ccc([N+](=O)[O-])cc2)o1. The Morgan fingerprint density at radius 3 is 2.48 bits per heavy atom. The number of nitrogens with one attached hydrogen (secondary N) is 2. The van der Waals surface area contributed by atoms with Crippen LogP contribution in [0.1, 0.15) is 18.4 Å². The molecule has 3 N–H and O–H groups in total. The highest BCUT2D eigenvalue weighted by molar-refractivity contribution is 5.89. The number of nitro benzene ring substituents is 1. The number of nitro groups is 1. The lowest BCUT2D eigenvalue weighted by Gasteiger charge is -2.21. The third kappa shape index (κ3) is 4.30. The van der Waals surface area contributed by atoms with Crippen molar-refractivity contribution < 1.29 is 19.2 Å². The summed E-state index contributed by atoms with van der Waals surface area (Å²) in [4.78, 5) is 21.8. The maximum Gasteiger partial charge on any atom is 0.319 e. The lowest BCUT2D eigenvalue weighted by molar-refractivity contribution is -0.384. The van der Waals surface area contributed by atoms with Gasteiger partial charge in [-0.3, -0.25) is 10.1 Å². The molecular formula is C15H17N3O5. The fourth-order valence-electron chi connectivity index (χ4n) is 1.91. The van der Waals surface area contributed by atoms with Crippen LogP contribution in [0.2, 0.25) is 0 Å². The molecule has 2 amide bonds. The monoisotopic (exact) mass is 319 g/mol. The second-order valence-corrected chi connectivity index (χ2v) is 5.30. The molecule has 8 nitrogen and oxygen atoms in total. The van der Waals surface area contributed by atoms with Crippen molar-refractivity contribution >= 4 is 17.4 Å². The molecule has 0 spiro atoms. The van der Waals surface area contributed by atoms with E-state index in [0.717, 1.165) is 0 Å². The van der Waals surface area contributed by atoms with Gasteiger partial charge in [0.25, 0.3) is 5.69 Å². The number of furan rings is 1. The van der Waals surface area contributed by atoms with Crippen molar-refractivity contribution in [3.8, 4) is 0 Å². The lowest BCUT2D eigenvalue weighted by atomic mass is 10.0. The van der Waals surface area contributed by atoms with Crippen molar-refractivity contribution in [3.63, 3.8) is 0 Å². The fourth-order valence-corrected chi connectivity index (χ4v) is 1.91. The molecule has 122 valence electrons. The van der Waals surface area contributed by atoms with E-state index < -0.39 is 16.6 Å². The molecule has 1 unspecified atom stereocenters. The van der Waals surface area contributed by atoms with E-state index in [9.17, 15) is 20.0 Å². The van der Waals surface area contributed by atoms with Crippen LogP contribution in [0.25, 0.3) is 0 Å². The van der Waals surface area contributed by atoms with Crippen molar-refractivity contribution in [2.75, 3.05) is 11.9 Å². The normalized spacial score (nSPS) is 13.2. The number of hydrogen-bond donors (Lipinski definition) is 3. The van der Waals surface area contributed by atoms with E-state index in [2.05, 4.69) is 10.6 Å². The molecule has 0 fully saturated rings. The van der Waals surface area contributed by atoms with Crippen LogP contribution in [0.15, 0.2) is 40.8 Å². The van der Waals surface area contributed by atoms with E-state index >= 15 is 0 Å². The summed E-state index contributed by atoms with van der Waals surface area (Å²) < 4.78 is 5.35. The zero-order chi connectivity index (χ0) is 17.0. The predicted octanol–water partition coefficient (Wildman–Crippen LogP) is 2.53. The van der Waals surface area contributed by atoms with Crippen molar-refractivity contribution in [1.29, 1.82) is 0 Å². The van der Waals surface area contributed by atoms with Gasteiger partial charge in [0, 0.05) is 17.8 Å². The van der Waals surface area contributed by atoms with Gasteiger partial charge in [-0.2, -0.15) is 0 Å². The highest BCUT2D eigenvalue weighted by Crippen LogP contribution is 2.22. The van der Waals surface area contributed by atoms with E-state index in [1.165, 1.54) is 31.2 Å². The van der Waals surface area contributed by atoms with Crippen LogP contribution in [0, 0.1) is 17.0 Å². The van der Waals surface area contributed by atoms with Crippen molar-refractivity contribution in [2.24, 2.45) is 0 Å². The van der Waals surface area contributed by atoms with Crippen molar-refractivity contribution in [3.05, 3.63) is 58.0 Å². The molecule has 1 atom stereocenters. The summed E-state index contributed by atoms with van der Waals surface area (Å²) >= 11 is 0. The molecule has 1 aromatic carbocycles. The van der Waals surface area contributed by atoms with E-state index in [-0.39, 0.29) is 12.2 Å². The number of nitrogens with zero attached hydrogens (tertiary/aromatic N) is 1. The molecule has 0 saturated heterocycles. The first-order chi connectivity index (χ1) is 10.8. The average Bonchev–Trinajstić information content (AvgIpc) is 2.93. The van der Waals surface area contributed by atoms with Gasteiger partial charge in [0.05, 0.1) is 11.5 Å². The minimum Gasteiger partial charge on any atom is -0.463 e. The maximum atomic E-state index is 11.8. The van der Waals surface area contributed by atoms with Crippen molar-refractivity contribution in [2.45, 2.75) is 19.4 Å². The van der Waals surface area contributed by atoms with Crippen LogP contribution in [-0.2, 0) is 5.60 Å². The number of hydrogen-bond acceptors (Lipinski definition) is 5. The molecule has 0 saturated carbocycles. The average molecular weight is 319 g/mol. The van der Waals surface area contributed by atoms with Crippen LogP contribution in [-0.4, -0.2) is 22.6 Å².